The average Bonchev–Trinajstić information content (AvgIpc) is 2.40. The van der Waals surface area contributed by atoms with E-state index in [-0.39, 0.29) is 11.3 Å². The van der Waals surface area contributed by atoms with Crippen LogP contribution in [0.15, 0.2) is 40.2 Å². The molecule has 1 aromatic carbocycles. The zero-order chi connectivity index (χ0) is 14.7. The standard InChI is InChI=1S/C15H13N3O2/c1-10-7-11(2)18(15(20)13(10)8-16)17-9-12-5-3-4-6-14(12)19/h3-7,9,19H,1-2H3/b17-9-. The largest absolute Gasteiger partial charge is 0.507 e. The third-order valence-corrected chi connectivity index (χ3v) is 2.92. The van der Waals surface area contributed by atoms with E-state index in [0.717, 1.165) is 4.68 Å². The van der Waals surface area contributed by atoms with Gasteiger partial charge in [0.15, 0.2) is 0 Å². The first-order valence-electron chi connectivity index (χ1n) is 6.00. The molecule has 0 aliphatic rings. The number of aromatic nitrogens is 1. The minimum Gasteiger partial charge on any atom is -0.507 e. The van der Waals surface area contributed by atoms with Crippen LogP contribution in [-0.4, -0.2) is 16.0 Å². The highest BCUT2D eigenvalue weighted by molar-refractivity contribution is 5.83. The fourth-order valence-corrected chi connectivity index (χ4v) is 1.88. The minimum absolute atomic E-state index is 0.0741. The van der Waals surface area contributed by atoms with Crippen LogP contribution in [0.3, 0.4) is 0 Å². The Kier molecular flexibility index (Phi) is 3.67. The average molecular weight is 267 g/mol. The summed E-state index contributed by atoms with van der Waals surface area (Å²) in [4.78, 5) is 12.1. The number of aromatic hydroxyl groups is 1. The van der Waals surface area contributed by atoms with E-state index in [2.05, 4.69) is 5.10 Å². The normalized spacial score (nSPS) is 10.7. The summed E-state index contributed by atoms with van der Waals surface area (Å²) in [6.45, 7) is 3.45. The van der Waals surface area contributed by atoms with Crippen molar-refractivity contribution in [3.05, 3.63) is 63.1 Å². The fraction of sp³-hybridized carbons (Fsp3) is 0.133. The Bertz CT molecular complexity index is 783. The number of hydrogen-bond donors (Lipinski definition) is 1. The van der Waals surface area contributed by atoms with Crippen molar-refractivity contribution in [1.29, 1.82) is 5.26 Å². The van der Waals surface area contributed by atoms with Gasteiger partial charge in [0, 0.05) is 11.3 Å². The lowest BCUT2D eigenvalue weighted by molar-refractivity contribution is 0.474. The van der Waals surface area contributed by atoms with Crippen LogP contribution < -0.4 is 5.56 Å². The van der Waals surface area contributed by atoms with Crippen LogP contribution in [0, 0.1) is 25.2 Å². The number of benzene rings is 1. The maximum absolute atomic E-state index is 12.1. The molecule has 1 heterocycles. The van der Waals surface area contributed by atoms with Crippen LogP contribution in [0.4, 0.5) is 0 Å². The lowest BCUT2D eigenvalue weighted by Crippen LogP contribution is -2.22. The highest BCUT2D eigenvalue weighted by Crippen LogP contribution is 2.13. The predicted octanol–water partition coefficient (Wildman–Crippen LogP) is 1.92. The van der Waals surface area contributed by atoms with Crippen molar-refractivity contribution >= 4 is 6.21 Å². The van der Waals surface area contributed by atoms with Crippen LogP contribution >= 0.6 is 0 Å². The van der Waals surface area contributed by atoms with E-state index in [9.17, 15) is 9.90 Å². The molecular formula is C15H13N3O2. The molecule has 2 aromatic rings. The number of nitrogens with zero attached hydrogens (tertiary/aromatic N) is 3. The monoisotopic (exact) mass is 267 g/mol. The number of rotatable bonds is 2. The molecule has 0 amide bonds. The van der Waals surface area contributed by atoms with Gasteiger partial charge in [-0.25, -0.2) is 4.68 Å². The SMILES string of the molecule is Cc1cc(C)n(/N=C\c2ccccc2O)c(=O)c1C#N. The Balaban J connectivity index is 2.53. The summed E-state index contributed by atoms with van der Waals surface area (Å²) >= 11 is 0. The summed E-state index contributed by atoms with van der Waals surface area (Å²) in [5.74, 6) is 0.0783. The second kappa shape index (κ2) is 5.41. The zero-order valence-corrected chi connectivity index (χ0v) is 11.2. The van der Waals surface area contributed by atoms with Gasteiger partial charge >= 0.3 is 0 Å². The molecule has 1 N–H and O–H groups in total. The number of hydrogen-bond acceptors (Lipinski definition) is 4. The van der Waals surface area contributed by atoms with Crippen molar-refractivity contribution in [1.82, 2.24) is 4.68 Å². The summed E-state index contributed by atoms with van der Waals surface area (Å²) in [5, 5.41) is 22.7. The van der Waals surface area contributed by atoms with Gasteiger partial charge in [-0.3, -0.25) is 4.79 Å². The molecular weight excluding hydrogens is 254 g/mol. The van der Waals surface area contributed by atoms with E-state index in [1.54, 1.807) is 38.1 Å². The molecule has 0 spiro atoms. The predicted molar refractivity (Wildman–Crippen MR) is 76.0 cm³/mol. The molecule has 0 saturated heterocycles. The molecule has 5 nitrogen and oxygen atoms in total. The van der Waals surface area contributed by atoms with E-state index in [1.165, 1.54) is 12.3 Å². The summed E-state index contributed by atoms with van der Waals surface area (Å²) in [7, 11) is 0. The first-order valence-corrected chi connectivity index (χ1v) is 6.00. The van der Waals surface area contributed by atoms with Gasteiger partial charge in [-0.15, -0.1) is 0 Å². The van der Waals surface area contributed by atoms with E-state index in [4.69, 9.17) is 5.26 Å². The van der Waals surface area contributed by atoms with Crippen molar-refractivity contribution in [3.63, 3.8) is 0 Å². The van der Waals surface area contributed by atoms with Gasteiger partial charge in [0.05, 0.1) is 6.21 Å². The molecule has 0 aliphatic heterocycles. The Labute approximate surface area is 116 Å². The molecule has 0 aliphatic carbocycles. The van der Waals surface area contributed by atoms with E-state index < -0.39 is 5.56 Å². The number of aryl methyl sites for hydroxylation is 2. The first kappa shape index (κ1) is 13.6. The Morgan fingerprint density at radius 3 is 2.70 bits per heavy atom. The smallest absolute Gasteiger partial charge is 0.289 e. The van der Waals surface area contributed by atoms with Crippen molar-refractivity contribution in [3.8, 4) is 11.8 Å². The molecule has 0 atom stereocenters. The molecule has 0 unspecified atom stereocenters. The minimum atomic E-state index is -0.461. The van der Waals surface area contributed by atoms with E-state index in [0.29, 0.717) is 16.8 Å². The van der Waals surface area contributed by atoms with Gasteiger partial charge in [0.1, 0.15) is 17.4 Å². The van der Waals surface area contributed by atoms with Gasteiger partial charge in [0.25, 0.3) is 5.56 Å². The van der Waals surface area contributed by atoms with E-state index in [1.807, 2.05) is 6.07 Å². The van der Waals surface area contributed by atoms with Gasteiger partial charge in [-0.2, -0.15) is 10.4 Å². The second-order valence-corrected chi connectivity index (χ2v) is 4.38. The lowest BCUT2D eigenvalue weighted by Gasteiger charge is -2.06. The van der Waals surface area contributed by atoms with E-state index >= 15 is 0 Å². The molecule has 1 aromatic heterocycles. The summed E-state index contributed by atoms with van der Waals surface area (Å²) in [6, 6.07) is 10.3. The summed E-state index contributed by atoms with van der Waals surface area (Å²) < 4.78 is 1.15. The maximum Gasteiger partial charge on any atom is 0.289 e. The molecule has 0 bridgehead atoms. The van der Waals surface area contributed by atoms with Crippen LogP contribution in [0.2, 0.25) is 0 Å². The number of phenols is 1. The topological polar surface area (TPSA) is 78.4 Å². The molecule has 5 heteroatoms. The third kappa shape index (κ3) is 2.45. The quantitative estimate of drug-likeness (QED) is 0.844. The van der Waals surface area contributed by atoms with Crippen LogP contribution in [0.5, 0.6) is 5.75 Å². The summed E-state index contributed by atoms with van der Waals surface area (Å²) in [5.41, 5.74) is 1.36. The van der Waals surface area contributed by atoms with Crippen molar-refractivity contribution in [2.75, 3.05) is 0 Å². The van der Waals surface area contributed by atoms with Crippen LogP contribution in [0.1, 0.15) is 22.4 Å². The molecule has 0 saturated carbocycles. The van der Waals surface area contributed by atoms with Crippen molar-refractivity contribution in [2.45, 2.75) is 13.8 Å². The van der Waals surface area contributed by atoms with Gasteiger partial charge < -0.3 is 5.11 Å². The summed E-state index contributed by atoms with van der Waals surface area (Å²) in [6.07, 6.45) is 1.39. The fourth-order valence-electron chi connectivity index (χ4n) is 1.88. The molecule has 0 fully saturated rings. The maximum atomic E-state index is 12.1. The van der Waals surface area contributed by atoms with Crippen molar-refractivity contribution < 1.29 is 5.11 Å². The number of para-hydroxylation sites is 1. The Hall–Kier alpha value is -2.87. The third-order valence-electron chi connectivity index (χ3n) is 2.92. The van der Waals surface area contributed by atoms with Gasteiger partial charge in [-0.1, -0.05) is 12.1 Å². The van der Waals surface area contributed by atoms with Crippen LogP contribution in [0.25, 0.3) is 0 Å². The Morgan fingerprint density at radius 2 is 2.05 bits per heavy atom. The number of pyridine rings is 1. The first-order chi connectivity index (χ1) is 9.54. The van der Waals surface area contributed by atoms with Gasteiger partial charge in [-0.05, 0) is 37.6 Å². The number of phenolic OH excluding ortho intramolecular Hbond substituents is 1. The highest BCUT2D eigenvalue weighted by Gasteiger charge is 2.09. The molecule has 0 radical (unpaired) electrons. The molecule has 20 heavy (non-hydrogen) atoms. The zero-order valence-electron chi connectivity index (χ0n) is 11.2. The van der Waals surface area contributed by atoms with Crippen molar-refractivity contribution in [2.24, 2.45) is 5.10 Å². The lowest BCUT2D eigenvalue weighted by atomic mass is 10.1. The Morgan fingerprint density at radius 1 is 1.35 bits per heavy atom. The van der Waals surface area contributed by atoms with Gasteiger partial charge in [0.2, 0.25) is 0 Å². The number of nitriles is 1. The molecule has 100 valence electrons. The molecule has 2 rings (SSSR count). The second-order valence-electron chi connectivity index (χ2n) is 4.38. The van der Waals surface area contributed by atoms with Crippen LogP contribution in [-0.2, 0) is 0 Å². The highest BCUT2D eigenvalue weighted by atomic mass is 16.3.